The second-order valence-corrected chi connectivity index (χ2v) is 5.96. The Morgan fingerprint density at radius 2 is 2.21 bits per heavy atom. The predicted molar refractivity (Wildman–Crippen MR) is 87.1 cm³/mol. The highest BCUT2D eigenvalue weighted by atomic mass is 16.5. The zero-order valence-electron chi connectivity index (χ0n) is 14.0. The monoisotopic (exact) mass is 328 g/mol. The minimum absolute atomic E-state index is 0.134. The van der Waals surface area contributed by atoms with E-state index >= 15 is 0 Å². The quantitative estimate of drug-likeness (QED) is 0.849. The molecule has 1 fully saturated rings. The van der Waals surface area contributed by atoms with Crippen molar-refractivity contribution in [1.29, 1.82) is 0 Å². The van der Waals surface area contributed by atoms with Crippen LogP contribution in [0.5, 0.6) is 0 Å². The van der Waals surface area contributed by atoms with Gasteiger partial charge in [0.25, 0.3) is 0 Å². The SMILES string of the molecule is Cc1nn(C)c(C)c1-c1ccc(CC(=O)N[C@@H]2CCOC2=O)nc1. The molecule has 0 unspecified atom stereocenters. The van der Waals surface area contributed by atoms with Crippen molar-refractivity contribution in [2.24, 2.45) is 7.05 Å². The first-order valence-electron chi connectivity index (χ1n) is 7.87. The third-order valence-electron chi connectivity index (χ3n) is 4.23. The molecule has 0 radical (unpaired) electrons. The molecule has 1 N–H and O–H groups in total. The van der Waals surface area contributed by atoms with E-state index in [1.54, 1.807) is 6.20 Å². The van der Waals surface area contributed by atoms with Crippen molar-refractivity contribution < 1.29 is 14.3 Å². The summed E-state index contributed by atoms with van der Waals surface area (Å²) in [7, 11) is 1.91. The number of hydrogen-bond donors (Lipinski definition) is 1. The number of nitrogens with zero attached hydrogens (tertiary/aromatic N) is 3. The highest BCUT2D eigenvalue weighted by Crippen LogP contribution is 2.25. The molecule has 0 spiro atoms. The van der Waals surface area contributed by atoms with Crippen LogP contribution in [0.1, 0.15) is 23.5 Å². The lowest BCUT2D eigenvalue weighted by Gasteiger charge is -2.09. The average molecular weight is 328 g/mol. The van der Waals surface area contributed by atoms with Crippen LogP contribution >= 0.6 is 0 Å². The van der Waals surface area contributed by atoms with Gasteiger partial charge in [0.15, 0.2) is 0 Å². The summed E-state index contributed by atoms with van der Waals surface area (Å²) in [5.74, 6) is -0.595. The lowest BCUT2D eigenvalue weighted by Crippen LogP contribution is -2.38. The van der Waals surface area contributed by atoms with Crippen molar-refractivity contribution in [1.82, 2.24) is 20.1 Å². The third-order valence-corrected chi connectivity index (χ3v) is 4.23. The van der Waals surface area contributed by atoms with E-state index in [0.29, 0.717) is 18.7 Å². The molecule has 7 nitrogen and oxygen atoms in total. The van der Waals surface area contributed by atoms with Gasteiger partial charge in [-0.15, -0.1) is 0 Å². The van der Waals surface area contributed by atoms with Gasteiger partial charge in [-0.3, -0.25) is 14.5 Å². The maximum Gasteiger partial charge on any atom is 0.328 e. The minimum Gasteiger partial charge on any atom is -0.464 e. The maximum absolute atomic E-state index is 12.0. The van der Waals surface area contributed by atoms with E-state index in [9.17, 15) is 9.59 Å². The molecule has 2 aromatic heterocycles. The molecule has 126 valence electrons. The molecule has 3 rings (SSSR count). The fourth-order valence-corrected chi connectivity index (χ4v) is 2.91. The molecular weight excluding hydrogens is 308 g/mol. The standard InChI is InChI=1S/C17H20N4O3/c1-10-16(11(2)21(3)20-10)12-4-5-13(18-9-12)8-15(22)19-14-6-7-24-17(14)23/h4-5,9,14H,6-8H2,1-3H3,(H,19,22)/t14-/m1/s1. The Bertz CT molecular complexity index is 780. The largest absolute Gasteiger partial charge is 0.464 e. The number of esters is 1. The molecule has 1 aliphatic rings. The van der Waals surface area contributed by atoms with Gasteiger partial charge in [-0.25, -0.2) is 4.79 Å². The summed E-state index contributed by atoms with van der Waals surface area (Å²) in [5.41, 5.74) is 4.71. The molecule has 7 heteroatoms. The van der Waals surface area contributed by atoms with Gasteiger partial charge in [-0.05, 0) is 19.9 Å². The maximum atomic E-state index is 12.0. The molecule has 1 aliphatic heterocycles. The Balaban J connectivity index is 1.68. The Morgan fingerprint density at radius 3 is 2.75 bits per heavy atom. The van der Waals surface area contributed by atoms with E-state index in [1.165, 1.54) is 0 Å². The molecule has 1 atom stereocenters. The second-order valence-electron chi connectivity index (χ2n) is 5.96. The zero-order valence-corrected chi connectivity index (χ0v) is 14.0. The smallest absolute Gasteiger partial charge is 0.328 e. The third kappa shape index (κ3) is 3.15. The first kappa shape index (κ1) is 16.2. The topological polar surface area (TPSA) is 86.1 Å². The van der Waals surface area contributed by atoms with Gasteiger partial charge >= 0.3 is 5.97 Å². The van der Waals surface area contributed by atoms with Crippen molar-refractivity contribution in [3.63, 3.8) is 0 Å². The molecule has 3 heterocycles. The van der Waals surface area contributed by atoms with E-state index in [1.807, 2.05) is 37.7 Å². The van der Waals surface area contributed by atoms with E-state index in [0.717, 1.165) is 22.5 Å². The van der Waals surface area contributed by atoms with Crippen LogP contribution in [0.25, 0.3) is 11.1 Å². The molecule has 0 aromatic carbocycles. The van der Waals surface area contributed by atoms with Crippen LogP contribution in [-0.4, -0.2) is 39.3 Å². The summed E-state index contributed by atoms with van der Waals surface area (Å²) in [6, 6.07) is 3.24. The lowest BCUT2D eigenvalue weighted by molar-refractivity contribution is -0.141. The molecular formula is C17H20N4O3. The van der Waals surface area contributed by atoms with Crippen molar-refractivity contribution in [2.45, 2.75) is 32.7 Å². The predicted octanol–water partition coefficient (Wildman–Crippen LogP) is 1.07. The van der Waals surface area contributed by atoms with Crippen LogP contribution in [-0.2, 0) is 27.8 Å². The summed E-state index contributed by atoms with van der Waals surface area (Å²) in [5, 5.41) is 7.08. The van der Waals surface area contributed by atoms with Crippen LogP contribution in [0.15, 0.2) is 18.3 Å². The number of amides is 1. The first-order chi connectivity index (χ1) is 11.5. The van der Waals surface area contributed by atoms with Crippen LogP contribution in [0.4, 0.5) is 0 Å². The summed E-state index contributed by atoms with van der Waals surface area (Å²) in [4.78, 5) is 27.7. The Labute approximate surface area is 140 Å². The molecule has 1 amide bonds. The first-order valence-corrected chi connectivity index (χ1v) is 7.87. The molecule has 0 saturated carbocycles. The van der Waals surface area contributed by atoms with Crippen LogP contribution in [0, 0.1) is 13.8 Å². The summed E-state index contributed by atoms with van der Waals surface area (Å²) in [6.45, 7) is 4.34. The average Bonchev–Trinajstić information content (AvgIpc) is 3.04. The Kier molecular flexibility index (Phi) is 4.33. The highest BCUT2D eigenvalue weighted by Gasteiger charge is 2.27. The van der Waals surface area contributed by atoms with Crippen LogP contribution in [0.2, 0.25) is 0 Å². The van der Waals surface area contributed by atoms with Crippen molar-refractivity contribution in [3.8, 4) is 11.1 Å². The van der Waals surface area contributed by atoms with Crippen LogP contribution < -0.4 is 5.32 Å². The van der Waals surface area contributed by atoms with Crippen molar-refractivity contribution in [2.75, 3.05) is 6.61 Å². The fraction of sp³-hybridized carbons (Fsp3) is 0.412. The van der Waals surface area contributed by atoms with Gasteiger partial charge in [-0.2, -0.15) is 5.10 Å². The summed E-state index contributed by atoms with van der Waals surface area (Å²) in [6.07, 6.45) is 2.41. The minimum atomic E-state index is -0.530. The number of aromatic nitrogens is 3. The van der Waals surface area contributed by atoms with Gasteiger partial charge in [0.1, 0.15) is 6.04 Å². The summed E-state index contributed by atoms with van der Waals surface area (Å²) >= 11 is 0. The Morgan fingerprint density at radius 1 is 1.42 bits per heavy atom. The number of nitrogens with one attached hydrogen (secondary N) is 1. The number of aryl methyl sites for hydroxylation is 2. The number of rotatable bonds is 4. The fourth-order valence-electron chi connectivity index (χ4n) is 2.91. The molecule has 24 heavy (non-hydrogen) atoms. The normalized spacial score (nSPS) is 17.0. The van der Waals surface area contributed by atoms with E-state index < -0.39 is 6.04 Å². The number of carbonyl (C=O) groups excluding carboxylic acids is 2. The number of carbonyl (C=O) groups is 2. The Hall–Kier alpha value is -2.70. The zero-order chi connectivity index (χ0) is 17.3. The number of pyridine rings is 1. The molecule has 0 aliphatic carbocycles. The summed E-state index contributed by atoms with van der Waals surface area (Å²) < 4.78 is 6.67. The van der Waals surface area contributed by atoms with Gasteiger partial charge in [0.2, 0.25) is 5.91 Å². The van der Waals surface area contributed by atoms with Gasteiger partial charge in [-0.1, -0.05) is 6.07 Å². The van der Waals surface area contributed by atoms with Gasteiger partial charge < -0.3 is 10.1 Å². The number of ether oxygens (including phenoxy) is 1. The van der Waals surface area contributed by atoms with E-state index in [-0.39, 0.29) is 18.3 Å². The molecule has 2 aromatic rings. The van der Waals surface area contributed by atoms with E-state index in [4.69, 9.17) is 4.74 Å². The second kappa shape index (κ2) is 6.43. The number of hydrogen-bond acceptors (Lipinski definition) is 5. The van der Waals surface area contributed by atoms with Gasteiger partial charge in [0.05, 0.1) is 18.7 Å². The van der Waals surface area contributed by atoms with Crippen molar-refractivity contribution >= 4 is 11.9 Å². The lowest BCUT2D eigenvalue weighted by atomic mass is 10.1. The van der Waals surface area contributed by atoms with Crippen LogP contribution in [0.3, 0.4) is 0 Å². The molecule has 0 bridgehead atoms. The molecule has 1 saturated heterocycles. The van der Waals surface area contributed by atoms with Crippen molar-refractivity contribution in [3.05, 3.63) is 35.4 Å². The van der Waals surface area contributed by atoms with Gasteiger partial charge in [0, 0.05) is 42.2 Å². The van der Waals surface area contributed by atoms with E-state index in [2.05, 4.69) is 15.4 Å². The number of cyclic esters (lactones) is 1. The highest BCUT2D eigenvalue weighted by molar-refractivity contribution is 5.86.